The molecule has 1 nitrogen and oxygen atoms in total. The molecule has 1 N–H and O–H groups in total. The minimum atomic E-state index is 0.772. The van der Waals surface area contributed by atoms with E-state index in [1.807, 2.05) is 0 Å². The van der Waals surface area contributed by atoms with Crippen LogP contribution in [0.4, 0.5) is 0 Å². The zero-order chi connectivity index (χ0) is 10.5. The molecule has 0 aromatic heterocycles. The summed E-state index contributed by atoms with van der Waals surface area (Å²) in [6.07, 6.45) is 5.23. The van der Waals surface area contributed by atoms with Crippen LogP contribution >= 0.6 is 0 Å². The van der Waals surface area contributed by atoms with Crippen LogP contribution in [-0.4, -0.2) is 12.6 Å². The smallest absolute Gasteiger partial charge is 0.00932 e. The van der Waals surface area contributed by atoms with Gasteiger partial charge in [-0.3, -0.25) is 0 Å². The van der Waals surface area contributed by atoms with Crippen LogP contribution in [0.2, 0.25) is 0 Å². The number of hydrogen-bond acceptors (Lipinski definition) is 1. The summed E-state index contributed by atoms with van der Waals surface area (Å²) in [4.78, 5) is 0. The number of hydrogen-bond donors (Lipinski definition) is 1. The molecule has 0 spiro atoms. The van der Waals surface area contributed by atoms with E-state index in [1.165, 1.54) is 37.8 Å². The monoisotopic (exact) mass is 203 g/mol. The Morgan fingerprint density at radius 1 is 1.27 bits per heavy atom. The Kier molecular flexibility index (Phi) is 3.79. The molecule has 2 atom stereocenters. The van der Waals surface area contributed by atoms with Crippen LogP contribution < -0.4 is 5.32 Å². The van der Waals surface area contributed by atoms with E-state index in [-0.39, 0.29) is 0 Å². The molecule has 1 aromatic carbocycles. The molecule has 2 rings (SSSR count). The summed E-state index contributed by atoms with van der Waals surface area (Å²) >= 11 is 0. The SMILES string of the molecule is CC1CCNC1CCCc1ccccc1. The summed E-state index contributed by atoms with van der Waals surface area (Å²) in [5, 5.41) is 3.59. The van der Waals surface area contributed by atoms with E-state index in [0.717, 1.165) is 12.0 Å². The van der Waals surface area contributed by atoms with Crippen LogP contribution in [-0.2, 0) is 6.42 Å². The molecule has 2 unspecified atom stereocenters. The Bertz CT molecular complexity index is 281. The largest absolute Gasteiger partial charge is 0.314 e. The van der Waals surface area contributed by atoms with E-state index in [0.29, 0.717) is 0 Å². The molecule has 1 aromatic rings. The summed E-state index contributed by atoms with van der Waals surface area (Å²) in [7, 11) is 0. The molecule has 1 aliphatic heterocycles. The van der Waals surface area contributed by atoms with Crippen LogP contribution in [0.3, 0.4) is 0 Å². The molecule has 1 aliphatic rings. The first-order valence-corrected chi connectivity index (χ1v) is 6.13. The van der Waals surface area contributed by atoms with Gasteiger partial charge in [-0.2, -0.15) is 0 Å². The predicted molar refractivity (Wildman–Crippen MR) is 65.0 cm³/mol. The van der Waals surface area contributed by atoms with Crippen LogP contribution in [0.5, 0.6) is 0 Å². The second-order valence-corrected chi connectivity index (χ2v) is 4.70. The van der Waals surface area contributed by atoms with Gasteiger partial charge in [-0.15, -0.1) is 0 Å². The fourth-order valence-corrected chi connectivity index (χ4v) is 2.46. The van der Waals surface area contributed by atoms with Crippen LogP contribution in [0.1, 0.15) is 31.7 Å². The van der Waals surface area contributed by atoms with Crippen molar-refractivity contribution in [1.29, 1.82) is 0 Å². The van der Waals surface area contributed by atoms with Gasteiger partial charge in [0.2, 0.25) is 0 Å². The first kappa shape index (κ1) is 10.7. The standard InChI is InChI=1S/C14H21N/c1-12-10-11-15-14(12)9-5-8-13-6-3-2-4-7-13/h2-4,6-7,12,14-15H,5,8-11H2,1H3. The van der Waals surface area contributed by atoms with E-state index in [1.54, 1.807) is 0 Å². The molecule has 0 radical (unpaired) electrons. The van der Waals surface area contributed by atoms with Gasteiger partial charge in [0, 0.05) is 6.04 Å². The summed E-state index contributed by atoms with van der Waals surface area (Å²) in [5.41, 5.74) is 1.48. The van der Waals surface area contributed by atoms with Crippen LogP contribution in [0.25, 0.3) is 0 Å². The van der Waals surface area contributed by atoms with Gasteiger partial charge in [-0.25, -0.2) is 0 Å². The highest BCUT2D eigenvalue weighted by atomic mass is 14.9. The molecule has 0 amide bonds. The minimum Gasteiger partial charge on any atom is -0.314 e. The van der Waals surface area contributed by atoms with Crippen molar-refractivity contribution in [3.05, 3.63) is 35.9 Å². The van der Waals surface area contributed by atoms with Gasteiger partial charge < -0.3 is 5.32 Å². The molecular weight excluding hydrogens is 182 g/mol. The lowest BCUT2D eigenvalue weighted by molar-refractivity contribution is 0.441. The molecule has 1 saturated heterocycles. The van der Waals surface area contributed by atoms with Crippen molar-refractivity contribution in [3.63, 3.8) is 0 Å². The summed E-state index contributed by atoms with van der Waals surface area (Å²) in [5.74, 6) is 0.876. The van der Waals surface area contributed by atoms with Crippen molar-refractivity contribution < 1.29 is 0 Å². The van der Waals surface area contributed by atoms with Gasteiger partial charge in [0.25, 0.3) is 0 Å². The lowest BCUT2D eigenvalue weighted by atomic mass is 9.97. The molecule has 82 valence electrons. The Morgan fingerprint density at radius 2 is 2.07 bits per heavy atom. The first-order chi connectivity index (χ1) is 7.36. The third-order valence-corrected chi connectivity index (χ3v) is 3.52. The lowest BCUT2D eigenvalue weighted by Gasteiger charge is -2.15. The number of nitrogens with one attached hydrogen (secondary N) is 1. The maximum Gasteiger partial charge on any atom is 0.00932 e. The van der Waals surface area contributed by atoms with Crippen LogP contribution in [0.15, 0.2) is 30.3 Å². The van der Waals surface area contributed by atoms with E-state index < -0.39 is 0 Å². The normalized spacial score (nSPS) is 25.7. The summed E-state index contributed by atoms with van der Waals surface area (Å²) < 4.78 is 0. The van der Waals surface area contributed by atoms with E-state index in [9.17, 15) is 0 Å². The van der Waals surface area contributed by atoms with Gasteiger partial charge in [0.1, 0.15) is 0 Å². The Hall–Kier alpha value is -0.820. The fraction of sp³-hybridized carbons (Fsp3) is 0.571. The van der Waals surface area contributed by atoms with E-state index in [4.69, 9.17) is 0 Å². The number of aryl methyl sites for hydroxylation is 1. The molecule has 1 fully saturated rings. The highest BCUT2D eigenvalue weighted by Crippen LogP contribution is 2.19. The van der Waals surface area contributed by atoms with Gasteiger partial charge in [0.05, 0.1) is 0 Å². The zero-order valence-electron chi connectivity index (χ0n) is 9.58. The predicted octanol–water partition coefficient (Wildman–Crippen LogP) is 3.01. The van der Waals surface area contributed by atoms with Crippen molar-refractivity contribution in [1.82, 2.24) is 5.32 Å². The number of benzene rings is 1. The maximum absolute atomic E-state index is 3.59. The Labute approximate surface area is 92.9 Å². The molecule has 0 bridgehead atoms. The second-order valence-electron chi connectivity index (χ2n) is 4.70. The maximum atomic E-state index is 3.59. The average Bonchev–Trinajstić information content (AvgIpc) is 2.66. The minimum absolute atomic E-state index is 0.772. The molecule has 15 heavy (non-hydrogen) atoms. The third-order valence-electron chi connectivity index (χ3n) is 3.52. The molecule has 1 heteroatoms. The van der Waals surface area contributed by atoms with Crippen molar-refractivity contribution in [2.75, 3.05) is 6.54 Å². The molecule has 1 heterocycles. The molecular formula is C14H21N. The van der Waals surface area contributed by atoms with Gasteiger partial charge in [-0.05, 0) is 43.7 Å². The highest BCUT2D eigenvalue weighted by Gasteiger charge is 2.21. The Balaban J connectivity index is 1.71. The second kappa shape index (κ2) is 5.32. The highest BCUT2D eigenvalue weighted by molar-refractivity contribution is 5.14. The molecule has 0 aliphatic carbocycles. The topological polar surface area (TPSA) is 12.0 Å². The first-order valence-electron chi connectivity index (χ1n) is 6.13. The molecule has 0 saturated carbocycles. The van der Waals surface area contributed by atoms with Crippen molar-refractivity contribution in [2.24, 2.45) is 5.92 Å². The Morgan fingerprint density at radius 3 is 2.73 bits per heavy atom. The average molecular weight is 203 g/mol. The van der Waals surface area contributed by atoms with Gasteiger partial charge in [0.15, 0.2) is 0 Å². The number of rotatable bonds is 4. The third kappa shape index (κ3) is 3.07. The van der Waals surface area contributed by atoms with E-state index >= 15 is 0 Å². The van der Waals surface area contributed by atoms with Crippen molar-refractivity contribution >= 4 is 0 Å². The summed E-state index contributed by atoms with van der Waals surface area (Å²) in [6.45, 7) is 3.59. The van der Waals surface area contributed by atoms with Crippen LogP contribution in [0, 0.1) is 5.92 Å². The summed E-state index contributed by atoms with van der Waals surface area (Å²) in [6, 6.07) is 11.6. The van der Waals surface area contributed by atoms with Crippen molar-refractivity contribution in [3.8, 4) is 0 Å². The van der Waals surface area contributed by atoms with E-state index in [2.05, 4.69) is 42.6 Å². The zero-order valence-corrected chi connectivity index (χ0v) is 9.58. The van der Waals surface area contributed by atoms with Gasteiger partial charge in [-0.1, -0.05) is 37.3 Å². The fourth-order valence-electron chi connectivity index (χ4n) is 2.46. The van der Waals surface area contributed by atoms with Gasteiger partial charge >= 0.3 is 0 Å². The van der Waals surface area contributed by atoms with Crippen molar-refractivity contribution in [2.45, 2.75) is 38.6 Å². The quantitative estimate of drug-likeness (QED) is 0.793. The lowest BCUT2D eigenvalue weighted by Crippen LogP contribution is -2.25.